The molecular formula is C14H11ClF3NO2. The first-order valence-corrected chi connectivity index (χ1v) is 6.33. The number of aliphatic hydroxyl groups is 1. The number of benzene rings is 1. The van der Waals surface area contributed by atoms with Crippen molar-refractivity contribution in [3.05, 3.63) is 58.9 Å². The van der Waals surface area contributed by atoms with E-state index >= 15 is 0 Å². The van der Waals surface area contributed by atoms with E-state index in [-0.39, 0.29) is 12.2 Å². The number of nitrogens with zero attached hydrogens (tertiary/aromatic N) is 1. The molecule has 21 heavy (non-hydrogen) atoms. The molecule has 3 nitrogen and oxygen atoms in total. The number of pyridine rings is 1. The molecule has 0 aliphatic rings. The van der Waals surface area contributed by atoms with E-state index in [1.807, 2.05) is 0 Å². The predicted molar refractivity (Wildman–Crippen MR) is 71.1 cm³/mol. The van der Waals surface area contributed by atoms with Crippen LogP contribution in [-0.2, 0) is 6.18 Å². The Morgan fingerprint density at radius 2 is 1.86 bits per heavy atom. The molecule has 0 bridgehead atoms. The van der Waals surface area contributed by atoms with Crippen molar-refractivity contribution in [2.45, 2.75) is 12.3 Å². The van der Waals surface area contributed by atoms with Crippen molar-refractivity contribution in [3.8, 4) is 5.75 Å². The number of rotatable bonds is 4. The van der Waals surface area contributed by atoms with E-state index in [4.69, 9.17) is 16.3 Å². The first kappa shape index (κ1) is 15.6. The zero-order valence-electron chi connectivity index (χ0n) is 10.6. The van der Waals surface area contributed by atoms with Crippen molar-refractivity contribution < 1.29 is 23.0 Å². The third-order valence-corrected chi connectivity index (χ3v) is 2.99. The Balaban J connectivity index is 2.10. The second kappa shape index (κ2) is 6.32. The van der Waals surface area contributed by atoms with Gasteiger partial charge in [-0.1, -0.05) is 11.6 Å². The Labute approximate surface area is 124 Å². The fourth-order valence-electron chi connectivity index (χ4n) is 1.73. The summed E-state index contributed by atoms with van der Waals surface area (Å²) >= 11 is 5.70. The number of alkyl halides is 3. The minimum Gasteiger partial charge on any atom is -0.491 e. The van der Waals surface area contributed by atoms with Gasteiger partial charge in [-0.05, 0) is 30.3 Å². The molecule has 112 valence electrons. The van der Waals surface area contributed by atoms with Crippen LogP contribution in [0.2, 0.25) is 5.02 Å². The number of aliphatic hydroxyl groups excluding tert-OH is 1. The van der Waals surface area contributed by atoms with Crippen LogP contribution in [0.25, 0.3) is 0 Å². The number of aromatic nitrogens is 1. The zero-order chi connectivity index (χ0) is 15.5. The van der Waals surface area contributed by atoms with E-state index in [2.05, 4.69) is 4.98 Å². The zero-order valence-corrected chi connectivity index (χ0v) is 11.4. The average molecular weight is 318 g/mol. The molecule has 0 saturated carbocycles. The van der Waals surface area contributed by atoms with Crippen LogP contribution < -0.4 is 4.74 Å². The van der Waals surface area contributed by atoms with Gasteiger partial charge in [0.1, 0.15) is 18.5 Å². The molecular weight excluding hydrogens is 307 g/mol. The topological polar surface area (TPSA) is 42.4 Å². The lowest BCUT2D eigenvalue weighted by Gasteiger charge is -2.17. The molecule has 1 atom stereocenters. The smallest absolute Gasteiger partial charge is 0.416 e. The number of hydrogen-bond acceptors (Lipinski definition) is 3. The molecule has 0 spiro atoms. The molecule has 2 rings (SSSR count). The highest BCUT2D eigenvalue weighted by atomic mass is 35.5. The van der Waals surface area contributed by atoms with Crippen LogP contribution in [-0.4, -0.2) is 16.7 Å². The van der Waals surface area contributed by atoms with Gasteiger partial charge in [0.2, 0.25) is 0 Å². The normalized spacial score (nSPS) is 13.0. The Morgan fingerprint density at radius 3 is 2.48 bits per heavy atom. The lowest BCUT2D eigenvalue weighted by Crippen LogP contribution is -2.16. The lowest BCUT2D eigenvalue weighted by atomic mass is 10.1. The highest BCUT2D eigenvalue weighted by Gasteiger charge is 2.35. The van der Waals surface area contributed by atoms with Crippen molar-refractivity contribution in [2.24, 2.45) is 0 Å². The molecule has 7 heteroatoms. The largest absolute Gasteiger partial charge is 0.491 e. The second-order valence-electron chi connectivity index (χ2n) is 4.24. The molecule has 1 unspecified atom stereocenters. The van der Waals surface area contributed by atoms with Crippen LogP contribution in [0.5, 0.6) is 5.75 Å². The van der Waals surface area contributed by atoms with Gasteiger partial charge in [-0.15, -0.1) is 0 Å². The van der Waals surface area contributed by atoms with Crippen LogP contribution >= 0.6 is 11.6 Å². The molecule has 0 aliphatic heterocycles. The van der Waals surface area contributed by atoms with E-state index in [1.165, 1.54) is 0 Å². The number of hydrogen-bond donors (Lipinski definition) is 1. The standard InChI is InChI=1S/C14H11ClF3NO2/c15-9-1-3-10(4-2-9)21-8-13(20)11-7-19-6-5-12(11)14(16,17)18/h1-7,13,20H,8H2. The van der Waals surface area contributed by atoms with Gasteiger partial charge < -0.3 is 9.84 Å². The SMILES string of the molecule is OC(COc1ccc(Cl)cc1)c1cnccc1C(F)(F)F. The number of halogens is 4. The Morgan fingerprint density at radius 1 is 1.19 bits per heavy atom. The van der Waals surface area contributed by atoms with E-state index in [1.54, 1.807) is 24.3 Å². The molecule has 0 amide bonds. The molecule has 0 saturated heterocycles. The van der Waals surface area contributed by atoms with Crippen molar-refractivity contribution in [3.63, 3.8) is 0 Å². The third kappa shape index (κ3) is 4.09. The quantitative estimate of drug-likeness (QED) is 0.931. The van der Waals surface area contributed by atoms with Gasteiger partial charge in [-0.2, -0.15) is 13.2 Å². The molecule has 0 fully saturated rings. The van der Waals surface area contributed by atoms with Crippen LogP contribution in [0, 0.1) is 0 Å². The fraction of sp³-hybridized carbons (Fsp3) is 0.214. The Kier molecular flexibility index (Phi) is 4.69. The summed E-state index contributed by atoms with van der Waals surface area (Å²) in [5, 5.41) is 10.4. The summed E-state index contributed by atoms with van der Waals surface area (Å²) < 4.78 is 43.7. The molecule has 1 heterocycles. The molecule has 2 aromatic rings. The molecule has 1 aromatic heterocycles. The highest BCUT2D eigenvalue weighted by molar-refractivity contribution is 6.30. The van der Waals surface area contributed by atoms with Gasteiger partial charge in [0, 0.05) is 23.0 Å². The summed E-state index contributed by atoms with van der Waals surface area (Å²) in [6, 6.07) is 7.09. The van der Waals surface area contributed by atoms with Gasteiger partial charge in [-0.3, -0.25) is 4.98 Å². The van der Waals surface area contributed by atoms with Crippen LogP contribution in [0.15, 0.2) is 42.7 Å². The minimum absolute atomic E-state index is 0.320. The van der Waals surface area contributed by atoms with Gasteiger partial charge in [0.05, 0.1) is 5.56 Å². The Bertz CT molecular complexity index is 602. The van der Waals surface area contributed by atoms with Gasteiger partial charge >= 0.3 is 6.18 Å². The molecule has 0 radical (unpaired) electrons. The summed E-state index contributed by atoms with van der Waals surface area (Å²) in [7, 11) is 0. The first-order valence-electron chi connectivity index (χ1n) is 5.95. The molecule has 1 N–H and O–H groups in total. The van der Waals surface area contributed by atoms with E-state index < -0.39 is 17.8 Å². The average Bonchev–Trinajstić information content (AvgIpc) is 2.45. The van der Waals surface area contributed by atoms with Gasteiger partial charge in [0.25, 0.3) is 0 Å². The second-order valence-corrected chi connectivity index (χ2v) is 4.68. The van der Waals surface area contributed by atoms with E-state index in [0.717, 1.165) is 18.5 Å². The minimum atomic E-state index is -4.56. The first-order chi connectivity index (χ1) is 9.88. The van der Waals surface area contributed by atoms with Crippen LogP contribution in [0.1, 0.15) is 17.2 Å². The summed E-state index contributed by atoms with van der Waals surface area (Å²) in [5.74, 6) is 0.399. The van der Waals surface area contributed by atoms with Gasteiger partial charge in [0.15, 0.2) is 0 Å². The summed E-state index contributed by atoms with van der Waals surface area (Å²) in [4.78, 5) is 3.61. The maximum Gasteiger partial charge on any atom is 0.416 e. The number of ether oxygens (including phenoxy) is 1. The van der Waals surface area contributed by atoms with Crippen molar-refractivity contribution in [1.82, 2.24) is 4.98 Å². The van der Waals surface area contributed by atoms with Crippen LogP contribution in [0.3, 0.4) is 0 Å². The third-order valence-electron chi connectivity index (χ3n) is 2.74. The maximum atomic E-state index is 12.8. The van der Waals surface area contributed by atoms with E-state index in [0.29, 0.717) is 10.8 Å². The Hall–Kier alpha value is -1.79. The van der Waals surface area contributed by atoms with Crippen molar-refractivity contribution in [2.75, 3.05) is 6.61 Å². The van der Waals surface area contributed by atoms with Crippen molar-refractivity contribution >= 4 is 11.6 Å². The summed E-state index contributed by atoms with van der Waals surface area (Å²) in [5.41, 5.74) is -1.25. The molecule has 0 aliphatic carbocycles. The summed E-state index contributed by atoms with van der Waals surface area (Å²) in [6.07, 6.45) is -3.98. The van der Waals surface area contributed by atoms with E-state index in [9.17, 15) is 18.3 Å². The fourth-order valence-corrected chi connectivity index (χ4v) is 1.85. The highest BCUT2D eigenvalue weighted by Crippen LogP contribution is 2.34. The molecule has 1 aromatic carbocycles. The van der Waals surface area contributed by atoms with Crippen molar-refractivity contribution in [1.29, 1.82) is 0 Å². The predicted octanol–water partition coefficient (Wildman–Crippen LogP) is 3.87. The van der Waals surface area contributed by atoms with Crippen LogP contribution in [0.4, 0.5) is 13.2 Å². The van der Waals surface area contributed by atoms with Gasteiger partial charge in [-0.25, -0.2) is 0 Å². The monoisotopic (exact) mass is 317 g/mol. The maximum absolute atomic E-state index is 12.8. The summed E-state index contributed by atoms with van der Waals surface area (Å²) in [6.45, 7) is -0.323. The lowest BCUT2D eigenvalue weighted by molar-refractivity contribution is -0.139.